The van der Waals surface area contributed by atoms with Gasteiger partial charge in [0.1, 0.15) is 0 Å². The first-order chi connectivity index (χ1) is 11.2. The van der Waals surface area contributed by atoms with Gasteiger partial charge >= 0.3 is 5.97 Å². The van der Waals surface area contributed by atoms with Crippen LogP contribution < -0.4 is 0 Å². The van der Waals surface area contributed by atoms with Crippen LogP contribution in [-0.4, -0.2) is 28.4 Å². The lowest BCUT2D eigenvalue weighted by Gasteiger charge is -2.23. The second-order valence-corrected chi connectivity index (χ2v) is 6.88. The molecule has 0 aromatic heterocycles. The lowest BCUT2D eigenvalue weighted by molar-refractivity contribution is -0.138. The van der Waals surface area contributed by atoms with Crippen LogP contribution in [0.5, 0.6) is 0 Å². The standard InChI is InChI=1S/C19H25NO3/c21-17(22)11-6-12-20(13-14-7-2-1-3-8-14)19(23)18-15-9-4-5-10-16(15)18/h1-3,7-8,15-16,18H,4-6,9-13H2,(H,21,22). The molecule has 1 N–H and O–H groups in total. The van der Waals surface area contributed by atoms with Crippen LogP contribution in [0.25, 0.3) is 0 Å². The lowest BCUT2D eigenvalue weighted by Crippen LogP contribution is -2.33. The number of hydrogen-bond donors (Lipinski definition) is 1. The third-order valence-corrected chi connectivity index (χ3v) is 5.29. The molecule has 1 amide bonds. The molecular formula is C19H25NO3. The van der Waals surface area contributed by atoms with E-state index in [1.807, 2.05) is 35.2 Å². The van der Waals surface area contributed by atoms with Gasteiger partial charge in [-0.3, -0.25) is 9.59 Å². The normalized spacial score (nSPS) is 25.5. The highest BCUT2D eigenvalue weighted by Crippen LogP contribution is 2.56. The van der Waals surface area contributed by atoms with Crippen LogP contribution in [0.1, 0.15) is 44.1 Å². The first-order valence-electron chi connectivity index (χ1n) is 8.71. The summed E-state index contributed by atoms with van der Waals surface area (Å²) in [7, 11) is 0. The molecule has 2 aliphatic rings. The average molecular weight is 315 g/mol. The minimum Gasteiger partial charge on any atom is -0.481 e. The second-order valence-electron chi connectivity index (χ2n) is 6.88. The molecule has 1 aromatic rings. The summed E-state index contributed by atoms with van der Waals surface area (Å²) in [6.45, 7) is 1.13. The number of benzene rings is 1. The predicted octanol–water partition coefficient (Wildman–Crippen LogP) is 3.32. The summed E-state index contributed by atoms with van der Waals surface area (Å²) in [6, 6.07) is 9.97. The second kappa shape index (κ2) is 7.16. The summed E-state index contributed by atoms with van der Waals surface area (Å²) >= 11 is 0. The Labute approximate surface area is 137 Å². The summed E-state index contributed by atoms with van der Waals surface area (Å²) in [6.07, 6.45) is 5.53. The van der Waals surface area contributed by atoms with Gasteiger partial charge in [0, 0.05) is 25.4 Å². The number of nitrogens with zero attached hydrogens (tertiary/aromatic N) is 1. The minimum absolute atomic E-state index is 0.121. The van der Waals surface area contributed by atoms with E-state index in [4.69, 9.17) is 5.11 Å². The summed E-state index contributed by atoms with van der Waals surface area (Å²) in [4.78, 5) is 25.6. The van der Waals surface area contributed by atoms with Gasteiger partial charge in [-0.15, -0.1) is 0 Å². The van der Waals surface area contributed by atoms with Gasteiger partial charge in [0.15, 0.2) is 0 Å². The Kier molecular flexibility index (Phi) is 4.99. The fourth-order valence-corrected chi connectivity index (χ4v) is 4.06. The highest BCUT2D eigenvalue weighted by Gasteiger charge is 2.55. The number of aliphatic carboxylic acids is 1. The van der Waals surface area contributed by atoms with Crippen LogP contribution in [0.15, 0.2) is 30.3 Å². The lowest BCUT2D eigenvalue weighted by atomic mass is 10.0. The largest absolute Gasteiger partial charge is 0.481 e. The zero-order valence-electron chi connectivity index (χ0n) is 13.5. The van der Waals surface area contributed by atoms with Gasteiger partial charge in [-0.05, 0) is 36.7 Å². The van der Waals surface area contributed by atoms with E-state index < -0.39 is 5.97 Å². The Morgan fingerprint density at radius 2 is 1.74 bits per heavy atom. The monoisotopic (exact) mass is 315 g/mol. The number of carboxylic acids is 1. The number of amides is 1. The molecule has 0 spiro atoms. The maximum atomic E-state index is 12.9. The first-order valence-corrected chi connectivity index (χ1v) is 8.71. The molecule has 124 valence electrons. The zero-order chi connectivity index (χ0) is 16.2. The van der Waals surface area contributed by atoms with E-state index in [9.17, 15) is 9.59 Å². The fraction of sp³-hybridized carbons (Fsp3) is 0.579. The van der Waals surface area contributed by atoms with Crippen LogP contribution in [-0.2, 0) is 16.1 Å². The molecule has 0 saturated heterocycles. The van der Waals surface area contributed by atoms with Crippen molar-refractivity contribution >= 4 is 11.9 Å². The molecule has 3 rings (SSSR count). The van der Waals surface area contributed by atoms with Crippen LogP contribution in [0.2, 0.25) is 0 Å². The molecule has 1 aromatic carbocycles. The molecule has 2 unspecified atom stereocenters. The van der Waals surface area contributed by atoms with Gasteiger partial charge in [0.25, 0.3) is 0 Å². The van der Waals surface area contributed by atoms with Gasteiger partial charge in [0.2, 0.25) is 5.91 Å². The molecule has 0 heterocycles. The number of fused-ring (bicyclic) bond motifs is 1. The highest BCUT2D eigenvalue weighted by atomic mass is 16.4. The molecule has 0 bridgehead atoms. The summed E-state index contributed by atoms with van der Waals surface area (Å²) in [5.41, 5.74) is 1.11. The number of carboxylic acid groups (broad SMARTS) is 1. The van der Waals surface area contributed by atoms with E-state index in [1.165, 1.54) is 25.7 Å². The Balaban J connectivity index is 1.64. The van der Waals surface area contributed by atoms with E-state index in [0.29, 0.717) is 31.3 Å². The molecule has 2 fully saturated rings. The third-order valence-electron chi connectivity index (χ3n) is 5.29. The summed E-state index contributed by atoms with van der Waals surface area (Å²) < 4.78 is 0. The molecule has 2 saturated carbocycles. The van der Waals surface area contributed by atoms with Gasteiger partial charge in [-0.2, -0.15) is 0 Å². The Morgan fingerprint density at radius 3 is 2.35 bits per heavy atom. The number of hydrogen-bond acceptors (Lipinski definition) is 2. The molecule has 4 nitrogen and oxygen atoms in total. The van der Waals surface area contributed by atoms with Gasteiger partial charge < -0.3 is 10.0 Å². The third kappa shape index (κ3) is 3.92. The Bertz CT molecular complexity index is 545. The van der Waals surface area contributed by atoms with Crippen molar-refractivity contribution < 1.29 is 14.7 Å². The number of carbonyl (C=O) groups is 2. The maximum Gasteiger partial charge on any atom is 0.303 e. The molecule has 4 heteroatoms. The highest BCUT2D eigenvalue weighted by molar-refractivity contribution is 5.82. The first kappa shape index (κ1) is 16.0. The summed E-state index contributed by atoms with van der Waals surface area (Å²) in [5.74, 6) is 0.836. The van der Waals surface area contributed by atoms with Crippen molar-refractivity contribution in [3.63, 3.8) is 0 Å². The average Bonchev–Trinajstić information content (AvgIpc) is 3.28. The Morgan fingerprint density at radius 1 is 1.09 bits per heavy atom. The van der Waals surface area contributed by atoms with E-state index >= 15 is 0 Å². The van der Waals surface area contributed by atoms with E-state index in [-0.39, 0.29) is 18.2 Å². The molecular weight excluding hydrogens is 290 g/mol. The quantitative estimate of drug-likeness (QED) is 0.840. The SMILES string of the molecule is O=C(O)CCCN(Cc1ccccc1)C(=O)C1C2CCCCC21. The van der Waals surface area contributed by atoms with Crippen molar-refractivity contribution in [3.05, 3.63) is 35.9 Å². The number of carbonyl (C=O) groups excluding carboxylic acids is 1. The predicted molar refractivity (Wildman–Crippen MR) is 87.7 cm³/mol. The van der Waals surface area contributed by atoms with Crippen molar-refractivity contribution in [1.29, 1.82) is 0 Å². The Hall–Kier alpha value is -1.84. The molecule has 2 atom stereocenters. The smallest absolute Gasteiger partial charge is 0.303 e. The topological polar surface area (TPSA) is 57.6 Å². The van der Waals surface area contributed by atoms with Crippen molar-refractivity contribution in [2.24, 2.45) is 17.8 Å². The van der Waals surface area contributed by atoms with Gasteiger partial charge in [-0.25, -0.2) is 0 Å². The van der Waals surface area contributed by atoms with Crippen molar-refractivity contribution in [2.75, 3.05) is 6.54 Å². The summed E-state index contributed by atoms with van der Waals surface area (Å²) in [5, 5.41) is 8.84. The van der Waals surface area contributed by atoms with Crippen molar-refractivity contribution in [1.82, 2.24) is 4.90 Å². The molecule has 23 heavy (non-hydrogen) atoms. The van der Waals surface area contributed by atoms with E-state index in [1.54, 1.807) is 0 Å². The minimum atomic E-state index is -0.794. The van der Waals surface area contributed by atoms with Crippen molar-refractivity contribution in [3.8, 4) is 0 Å². The zero-order valence-corrected chi connectivity index (χ0v) is 13.5. The van der Waals surface area contributed by atoms with E-state index in [0.717, 1.165) is 5.56 Å². The van der Waals surface area contributed by atoms with Crippen LogP contribution in [0, 0.1) is 17.8 Å². The van der Waals surface area contributed by atoms with Crippen LogP contribution in [0.3, 0.4) is 0 Å². The van der Waals surface area contributed by atoms with Crippen molar-refractivity contribution in [2.45, 2.75) is 45.1 Å². The number of rotatable bonds is 7. The van der Waals surface area contributed by atoms with E-state index in [2.05, 4.69) is 0 Å². The molecule has 0 aliphatic heterocycles. The van der Waals surface area contributed by atoms with Gasteiger partial charge in [0.05, 0.1) is 0 Å². The molecule has 2 aliphatic carbocycles. The van der Waals surface area contributed by atoms with Crippen LogP contribution in [0.4, 0.5) is 0 Å². The van der Waals surface area contributed by atoms with Gasteiger partial charge in [-0.1, -0.05) is 43.2 Å². The fourth-order valence-electron chi connectivity index (χ4n) is 4.06. The maximum absolute atomic E-state index is 12.9. The van der Waals surface area contributed by atoms with Crippen LogP contribution >= 0.6 is 0 Å². The molecule has 0 radical (unpaired) electrons.